The molecule has 5 amide bonds. The summed E-state index contributed by atoms with van der Waals surface area (Å²) in [6.45, 7) is 12.0. The number of aromatic hydroxyl groups is 1. The number of hydrogen-bond donors (Lipinski definition) is 3. The van der Waals surface area contributed by atoms with Crippen LogP contribution in [0.3, 0.4) is 0 Å². The number of anilines is 3. The van der Waals surface area contributed by atoms with Gasteiger partial charge in [0.05, 0.1) is 16.9 Å². The number of amides is 5. The van der Waals surface area contributed by atoms with Crippen LogP contribution in [0.15, 0.2) is 42.5 Å². The summed E-state index contributed by atoms with van der Waals surface area (Å²) in [6.07, 6.45) is 2.67. The van der Waals surface area contributed by atoms with Gasteiger partial charge in [-0.05, 0) is 74.9 Å². The normalized spacial score (nSPS) is 25.5. The molecule has 9 rings (SSSR count). The third-order valence-electron chi connectivity index (χ3n) is 13.0. The predicted octanol–water partition coefficient (Wildman–Crippen LogP) is 3.10. The Hall–Kier alpha value is -5.51. The first-order valence-corrected chi connectivity index (χ1v) is 20.1. The van der Waals surface area contributed by atoms with Crippen LogP contribution < -0.4 is 20.4 Å². The predicted molar refractivity (Wildman–Crippen MR) is 210 cm³/mol. The van der Waals surface area contributed by atoms with E-state index >= 15 is 0 Å². The largest absolute Gasteiger partial charge is 0.504 e. The maximum atomic E-state index is 14.1. The quantitative estimate of drug-likeness (QED) is 0.327. The number of phenolic OH excluding ortho intramolecular Hbond substituents is 1. The van der Waals surface area contributed by atoms with Gasteiger partial charge in [0.15, 0.2) is 17.4 Å². The van der Waals surface area contributed by atoms with Crippen molar-refractivity contribution in [3.05, 3.63) is 59.4 Å². The zero-order valence-corrected chi connectivity index (χ0v) is 32.4. The molecule has 3 N–H and O–H groups in total. The van der Waals surface area contributed by atoms with Crippen LogP contribution in [0.1, 0.15) is 55.5 Å². The topological polar surface area (TPSA) is 158 Å². The number of para-hydroxylation sites is 1. The van der Waals surface area contributed by atoms with E-state index in [1.165, 1.54) is 12.1 Å². The minimum absolute atomic E-state index is 0.0627. The van der Waals surface area contributed by atoms with Crippen LogP contribution in [-0.4, -0.2) is 142 Å². The molecule has 0 aliphatic carbocycles. The lowest BCUT2D eigenvalue weighted by molar-refractivity contribution is -0.136. The summed E-state index contributed by atoms with van der Waals surface area (Å²) in [5.74, 6) is -0.834. The number of piperidine rings is 2. The van der Waals surface area contributed by atoms with Gasteiger partial charge in [-0.1, -0.05) is 12.1 Å². The van der Waals surface area contributed by atoms with Gasteiger partial charge in [-0.2, -0.15) is 0 Å². The fourth-order valence-electron chi connectivity index (χ4n) is 9.72. The van der Waals surface area contributed by atoms with Crippen molar-refractivity contribution in [3.63, 3.8) is 0 Å². The van der Waals surface area contributed by atoms with Crippen molar-refractivity contribution in [2.75, 3.05) is 80.6 Å². The Bertz CT molecular complexity index is 2130. The second kappa shape index (κ2) is 14.5. The molecule has 3 atom stereocenters. The number of imide groups is 1. The number of fused-ring (bicyclic) bond motifs is 4. The molecule has 2 aromatic carbocycles. The molecule has 3 aromatic rings. The van der Waals surface area contributed by atoms with Crippen molar-refractivity contribution in [1.29, 1.82) is 0 Å². The van der Waals surface area contributed by atoms with Crippen LogP contribution in [0.5, 0.6) is 5.75 Å². The van der Waals surface area contributed by atoms with Gasteiger partial charge in [0.25, 0.3) is 5.91 Å². The van der Waals surface area contributed by atoms with Crippen LogP contribution in [-0.2, 0) is 16.1 Å². The monoisotopic (exact) mass is 780 g/mol. The SMILES string of the molecule is C[C@H]1CN(C(=O)N2CCN3c4cc(-c5cccc(F)c5O)nnc4NCC3(C)C2)CCN1CC1CCN(c2ccc3c(c2)C(=O)N([C@H]2CCC(=O)NC2=O)C3)CC1. The summed E-state index contributed by atoms with van der Waals surface area (Å²) >= 11 is 0. The summed E-state index contributed by atoms with van der Waals surface area (Å²) < 4.78 is 14.1. The number of carbonyl (C=O) groups excluding carboxylic acids is 4. The minimum atomic E-state index is -0.714. The number of nitrogens with zero attached hydrogens (tertiary/aromatic N) is 8. The molecule has 1 unspecified atom stereocenters. The Morgan fingerprint density at radius 2 is 1.77 bits per heavy atom. The summed E-state index contributed by atoms with van der Waals surface area (Å²) in [7, 11) is 0. The number of aromatic nitrogens is 2. The molecule has 4 saturated heterocycles. The van der Waals surface area contributed by atoms with E-state index in [2.05, 4.69) is 55.4 Å². The summed E-state index contributed by atoms with van der Waals surface area (Å²) in [4.78, 5) is 64.2. The van der Waals surface area contributed by atoms with Gasteiger partial charge in [0.2, 0.25) is 11.8 Å². The third kappa shape index (κ3) is 6.76. The van der Waals surface area contributed by atoms with Crippen molar-refractivity contribution in [1.82, 2.24) is 35.1 Å². The summed E-state index contributed by atoms with van der Waals surface area (Å²) in [6, 6.07) is 11.9. The average molecular weight is 781 g/mol. The third-order valence-corrected chi connectivity index (χ3v) is 13.0. The number of benzene rings is 2. The molecular weight excluding hydrogens is 732 g/mol. The Labute approximate surface area is 330 Å². The number of hydrogen-bond acceptors (Lipinski definition) is 11. The van der Waals surface area contributed by atoms with Crippen LogP contribution >= 0.6 is 0 Å². The Balaban J connectivity index is 0.767. The highest BCUT2D eigenvalue weighted by Gasteiger charge is 2.45. The van der Waals surface area contributed by atoms with Crippen molar-refractivity contribution < 1.29 is 28.7 Å². The summed E-state index contributed by atoms with van der Waals surface area (Å²) in [5.41, 5.74) is 3.66. The van der Waals surface area contributed by atoms with Crippen molar-refractivity contribution in [2.45, 2.75) is 63.7 Å². The minimum Gasteiger partial charge on any atom is -0.504 e. The second-order valence-corrected chi connectivity index (χ2v) is 16.8. The standard InChI is InChI=1S/C41H49FN10O5/c1-25-20-49(40(57)50-16-17-52-34-19-32(29-4-3-5-31(42)36(29)54)45-46-37(34)43-23-41(52,2)24-50)15-14-48(25)21-26-10-12-47(13-11-26)28-7-6-27-22-51(39(56)30(27)18-28)33-8-9-35(53)44-38(33)55/h3-7,18-19,25-26,33,54H,8-17,20-24H2,1-2H3,(H,43,46)(H,44,53,55)/t25-,33-,41?/m0/s1. The lowest BCUT2D eigenvalue weighted by Gasteiger charge is -2.53. The van der Waals surface area contributed by atoms with E-state index in [0.717, 1.165) is 56.0 Å². The number of carbonyl (C=O) groups is 4. The van der Waals surface area contributed by atoms with Gasteiger partial charge in [-0.15, -0.1) is 10.2 Å². The number of rotatable bonds is 5. The molecule has 0 spiro atoms. The van der Waals surface area contributed by atoms with Crippen LogP contribution in [0.4, 0.5) is 26.4 Å². The molecule has 6 aliphatic heterocycles. The zero-order valence-electron chi connectivity index (χ0n) is 32.4. The van der Waals surface area contributed by atoms with E-state index in [9.17, 15) is 28.7 Å². The first kappa shape index (κ1) is 37.1. The number of urea groups is 1. The van der Waals surface area contributed by atoms with E-state index in [1.807, 2.05) is 28.0 Å². The Kier molecular flexibility index (Phi) is 9.41. The first-order valence-electron chi connectivity index (χ1n) is 20.1. The smallest absolute Gasteiger partial charge is 0.320 e. The molecule has 4 fully saturated rings. The molecule has 0 saturated carbocycles. The molecule has 1 aromatic heterocycles. The summed E-state index contributed by atoms with van der Waals surface area (Å²) in [5, 5.41) is 24.7. The van der Waals surface area contributed by atoms with E-state index in [4.69, 9.17) is 0 Å². The highest BCUT2D eigenvalue weighted by molar-refractivity contribution is 6.05. The van der Waals surface area contributed by atoms with E-state index in [1.54, 1.807) is 11.0 Å². The first-order chi connectivity index (χ1) is 27.5. The molecule has 300 valence electrons. The Morgan fingerprint density at radius 3 is 2.56 bits per heavy atom. The van der Waals surface area contributed by atoms with Crippen LogP contribution in [0.2, 0.25) is 0 Å². The van der Waals surface area contributed by atoms with Gasteiger partial charge in [0.1, 0.15) is 6.04 Å². The van der Waals surface area contributed by atoms with E-state index in [-0.39, 0.29) is 35.9 Å². The van der Waals surface area contributed by atoms with Gasteiger partial charge >= 0.3 is 6.03 Å². The van der Waals surface area contributed by atoms with Crippen molar-refractivity contribution in [3.8, 4) is 17.0 Å². The zero-order chi connectivity index (χ0) is 39.6. The molecule has 0 bridgehead atoms. The average Bonchev–Trinajstić information content (AvgIpc) is 3.53. The lowest BCUT2D eigenvalue weighted by Crippen LogP contribution is -2.68. The highest BCUT2D eigenvalue weighted by Crippen LogP contribution is 2.40. The maximum Gasteiger partial charge on any atom is 0.320 e. The van der Waals surface area contributed by atoms with Crippen LogP contribution in [0, 0.1) is 11.7 Å². The van der Waals surface area contributed by atoms with Crippen molar-refractivity contribution >= 4 is 40.9 Å². The fraction of sp³-hybridized carbons (Fsp3) is 0.512. The molecule has 0 radical (unpaired) electrons. The van der Waals surface area contributed by atoms with Gasteiger partial charge in [0, 0.05) is 101 Å². The number of nitrogens with one attached hydrogen (secondary N) is 2. The molecule has 57 heavy (non-hydrogen) atoms. The van der Waals surface area contributed by atoms with E-state index in [0.29, 0.717) is 75.2 Å². The molecule has 7 heterocycles. The second-order valence-electron chi connectivity index (χ2n) is 16.8. The van der Waals surface area contributed by atoms with Gasteiger partial charge < -0.3 is 34.9 Å². The number of halogens is 1. The van der Waals surface area contributed by atoms with Crippen LogP contribution in [0.25, 0.3) is 11.3 Å². The van der Waals surface area contributed by atoms with Gasteiger partial charge in [-0.25, -0.2) is 9.18 Å². The molecule has 16 heteroatoms. The lowest BCUT2D eigenvalue weighted by atomic mass is 9.92. The molecule has 6 aliphatic rings. The number of phenols is 1. The van der Waals surface area contributed by atoms with E-state index < -0.39 is 29.1 Å². The van der Waals surface area contributed by atoms with Gasteiger partial charge in [-0.3, -0.25) is 24.6 Å². The highest BCUT2D eigenvalue weighted by atomic mass is 19.1. The fourth-order valence-corrected chi connectivity index (χ4v) is 9.72. The molecular formula is C41H49FN10O5. The molecule has 15 nitrogen and oxygen atoms in total. The van der Waals surface area contributed by atoms with Crippen molar-refractivity contribution in [2.24, 2.45) is 5.92 Å². The number of piperazine rings is 2. The Morgan fingerprint density at radius 1 is 0.965 bits per heavy atom. The maximum absolute atomic E-state index is 14.1.